The average Bonchev–Trinajstić information content (AvgIpc) is 3.02. The van der Waals surface area contributed by atoms with E-state index in [2.05, 4.69) is 15.4 Å². The van der Waals surface area contributed by atoms with Gasteiger partial charge in [0, 0.05) is 23.5 Å². The summed E-state index contributed by atoms with van der Waals surface area (Å²) in [5.41, 5.74) is 2.83. The molecule has 1 N–H and O–H groups in total. The molecule has 32 heavy (non-hydrogen) atoms. The van der Waals surface area contributed by atoms with Crippen LogP contribution in [0.25, 0.3) is 11.8 Å². The van der Waals surface area contributed by atoms with Crippen LogP contribution in [0.3, 0.4) is 0 Å². The molecule has 0 bridgehead atoms. The minimum atomic E-state index is -1.09. The Labute approximate surface area is 193 Å². The maximum absolute atomic E-state index is 13.2. The number of benzene rings is 1. The van der Waals surface area contributed by atoms with E-state index in [1.165, 1.54) is 37.4 Å². The van der Waals surface area contributed by atoms with Gasteiger partial charge >= 0.3 is 5.97 Å². The lowest BCUT2D eigenvalue weighted by atomic mass is 10.2. The van der Waals surface area contributed by atoms with Crippen LogP contribution < -0.4 is 5.32 Å². The Morgan fingerprint density at radius 1 is 1.22 bits per heavy atom. The Bertz CT molecular complexity index is 1190. The van der Waals surface area contributed by atoms with Crippen molar-refractivity contribution < 1.29 is 18.7 Å². The first-order chi connectivity index (χ1) is 15.2. The van der Waals surface area contributed by atoms with Gasteiger partial charge in [0.15, 0.2) is 11.9 Å². The lowest BCUT2D eigenvalue weighted by Gasteiger charge is -2.12. The zero-order valence-corrected chi connectivity index (χ0v) is 18.9. The summed E-state index contributed by atoms with van der Waals surface area (Å²) in [5.74, 6) is -1.54. The number of amides is 1. The highest BCUT2D eigenvalue weighted by atomic mass is 35.5. The van der Waals surface area contributed by atoms with Crippen molar-refractivity contribution in [1.29, 1.82) is 0 Å². The molecule has 0 aliphatic rings. The zero-order valence-electron chi connectivity index (χ0n) is 17.4. The first-order valence-electron chi connectivity index (χ1n) is 9.48. The van der Waals surface area contributed by atoms with Crippen molar-refractivity contribution in [3.63, 3.8) is 0 Å². The van der Waals surface area contributed by atoms with Crippen molar-refractivity contribution in [1.82, 2.24) is 14.8 Å². The molecule has 2 heterocycles. The second-order valence-electron chi connectivity index (χ2n) is 6.86. The molecule has 1 atom stereocenters. The van der Waals surface area contributed by atoms with Crippen LogP contribution in [-0.2, 0) is 14.3 Å². The second-order valence-corrected chi connectivity index (χ2v) is 7.70. The Morgan fingerprint density at radius 3 is 2.56 bits per heavy atom. The second kappa shape index (κ2) is 9.93. The van der Waals surface area contributed by atoms with E-state index in [4.69, 9.17) is 27.9 Å². The highest BCUT2D eigenvalue weighted by molar-refractivity contribution is 6.36. The smallest absolute Gasteiger partial charge is 0.331 e. The number of pyridine rings is 1. The van der Waals surface area contributed by atoms with Crippen LogP contribution in [0, 0.1) is 19.7 Å². The van der Waals surface area contributed by atoms with Crippen molar-refractivity contribution in [3.05, 3.63) is 75.4 Å². The highest BCUT2D eigenvalue weighted by Gasteiger charge is 2.19. The Balaban J connectivity index is 1.66. The standard InChI is InChI=1S/C22H19Cl2FN4O3/c1-12-18(13(2)29(28-12)17-6-4-16(25)5-7-17)8-9-20(30)32-14(3)22(31)27-21-19(24)10-15(23)11-26-21/h4-11,14H,1-3H3,(H,26,27,31)/b9-8+. The van der Waals surface area contributed by atoms with Crippen LogP contribution in [0.1, 0.15) is 23.9 Å². The topological polar surface area (TPSA) is 86.1 Å². The molecule has 0 saturated carbocycles. The summed E-state index contributed by atoms with van der Waals surface area (Å²) in [6, 6.07) is 7.34. The van der Waals surface area contributed by atoms with Crippen LogP contribution in [0.5, 0.6) is 0 Å². The summed E-state index contributed by atoms with van der Waals surface area (Å²) in [6.07, 6.45) is 3.01. The lowest BCUT2D eigenvalue weighted by Crippen LogP contribution is -2.29. The lowest BCUT2D eigenvalue weighted by molar-refractivity contribution is -0.148. The molecular formula is C22H19Cl2FN4O3. The van der Waals surface area contributed by atoms with Gasteiger partial charge in [0.25, 0.3) is 5.91 Å². The normalized spacial score (nSPS) is 12.1. The molecule has 1 unspecified atom stereocenters. The summed E-state index contributed by atoms with van der Waals surface area (Å²) in [5, 5.41) is 7.40. The number of aryl methyl sites for hydroxylation is 1. The van der Waals surface area contributed by atoms with Gasteiger partial charge in [-0.1, -0.05) is 23.2 Å². The van der Waals surface area contributed by atoms with Gasteiger partial charge in [-0.3, -0.25) is 4.79 Å². The molecule has 2 aromatic heterocycles. The first kappa shape index (κ1) is 23.4. The quantitative estimate of drug-likeness (QED) is 0.403. The number of nitrogens with one attached hydrogen (secondary N) is 1. The number of halogens is 3. The van der Waals surface area contributed by atoms with Gasteiger partial charge in [0.05, 0.1) is 21.4 Å². The Hall–Kier alpha value is -3.23. The van der Waals surface area contributed by atoms with E-state index >= 15 is 0 Å². The number of ether oxygens (including phenoxy) is 1. The maximum atomic E-state index is 13.2. The molecule has 0 radical (unpaired) electrons. The largest absolute Gasteiger partial charge is 0.449 e. The van der Waals surface area contributed by atoms with E-state index in [1.807, 2.05) is 6.92 Å². The number of carbonyl (C=O) groups excluding carboxylic acids is 2. The predicted octanol–water partition coefficient (Wildman–Crippen LogP) is 4.91. The van der Waals surface area contributed by atoms with Crippen LogP contribution >= 0.6 is 23.2 Å². The van der Waals surface area contributed by atoms with E-state index in [1.54, 1.807) is 29.8 Å². The fourth-order valence-electron chi connectivity index (χ4n) is 2.87. The number of carbonyl (C=O) groups is 2. The van der Waals surface area contributed by atoms with Gasteiger partial charge in [-0.05, 0) is 57.2 Å². The van der Waals surface area contributed by atoms with Crippen LogP contribution in [0.4, 0.5) is 10.2 Å². The number of nitrogens with zero attached hydrogens (tertiary/aromatic N) is 3. The molecule has 1 amide bonds. The molecule has 0 saturated heterocycles. The minimum Gasteiger partial charge on any atom is -0.449 e. The SMILES string of the molecule is Cc1nn(-c2ccc(F)cc2)c(C)c1/C=C/C(=O)OC(C)C(=O)Nc1ncc(Cl)cc1Cl. The predicted molar refractivity (Wildman–Crippen MR) is 120 cm³/mol. The highest BCUT2D eigenvalue weighted by Crippen LogP contribution is 2.23. The molecule has 0 fully saturated rings. The van der Waals surface area contributed by atoms with E-state index in [0.717, 1.165) is 5.69 Å². The zero-order chi connectivity index (χ0) is 23.4. The van der Waals surface area contributed by atoms with Gasteiger partial charge in [-0.2, -0.15) is 5.10 Å². The van der Waals surface area contributed by atoms with Gasteiger partial charge < -0.3 is 10.1 Å². The molecule has 0 aliphatic heterocycles. The molecular weight excluding hydrogens is 458 g/mol. The summed E-state index contributed by atoms with van der Waals surface area (Å²) >= 11 is 11.8. The molecule has 0 spiro atoms. The van der Waals surface area contributed by atoms with Gasteiger partial charge in [-0.15, -0.1) is 0 Å². The number of aromatic nitrogens is 3. The van der Waals surface area contributed by atoms with Crippen LogP contribution in [0.2, 0.25) is 10.0 Å². The summed E-state index contributed by atoms with van der Waals surface area (Å²) in [7, 11) is 0. The van der Waals surface area contributed by atoms with Gasteiger partial charge in [0.2, 0.25) is 0 Å². The van der Waals surface area contributed by atoms with Crippen LogP contribution in [0.15, 0.2) is 42.6 Å². The number of anilines is 1. The number of hydrogen-bond donors (Lipinski definition) is 1. The third-order valence-electron chi connectivity index (χ3n) is 4.52. The minimum absolute atomic E-state index is 0.110. The molecule has 10 heteroatoms. The molecule has 1 aromatic carbocycles. The van der Waals surface area contributed by atoms with Crippen molar-refractivity contribution >= 4 is 47.0 Å². The van der Waals surface area contributed by atoms with E-state index in [-0.39, 0.29) is 16.7 Å². The van der Waals surface area contributed by atoms with Gasteiger partial charge in [0.1, 0.15) is 5.82 Å². The van der Waals surface area contributed by atoms with Crippen molar-refractivity contribution in [3.8, 4) is 5.69 Å². The number of esters is 1. The van der Waals surface area contributed by atoms with E-state index in [0.29, 0.717) is 22.0 Å². The van der Waals surface area contributed by atoms with Crippen LogP contribution in [-0.4, -0.2) is 32.7 Å². The Morgan fingerprint density at radius 2 is 1.91 bits per heavy atom. The molecule has 166 valence electrons. The van der Waals surface area contributed by atoms with Crippen molar-refractivity contribution in [2.45, 2.75) is 26.9 Å². The molecule has 7 nitrogen and oxygen atoms in total. The van der Waals surface area contributed by atoms with Gasteiger partial charge in [-0.25, -0.2) is 18.9 Å². The van der Waals surface area contributed by atoms with Crippen molar-refractivity contribution in [2.24, 2.45) is 0 Å². The molecule has 0 aliphatic carbocycles. The molecule has 3 rings (SSSR count). The number of rotatable bonds is 6. The third-order valence-corrected chi connectivity index (χ3v) is 5.01. The Kier molecular flexibility index (Phi) is 7.27. The van der Waals surface area contributed by atoms with E-state index in [9.17, 15) is 14.0 Å². The third kappa shape index (κ3) is 5.52. The first-order valence-corrected chi connectivity index (χ1v) is 10.2. The summed E-state index contributed by atoms with van der Waals surface area (Å²) in [6.45, 7) is 5.04. The maximum Gasteiger partial charge on any atom is 0.331 e. The monoisotopic (exact) mass is 476 g/mol. The fourth-order valence-corrected chi connectivity index (χ4v) is 3.30. The average molecular weight is 477 g/mol. The summed E-state index contributed by atoms with van der Waals surface area (Å²) < 4.78 is 20.0. The van der Waals surface area contributed by atoms with Crippen molar-refractivity contribution in [2.75, 3.05) is 5.32 Å². The fraction of sp³-hybridized carbons (Fsp3) is 0.182. The van der Waals surface area contributed by atoms with E-state index < -0.39 is 18.0 Å². The molecule has 3 aromatic rings. The summed E-state index contributed by atoms with van der Waals surface area (Å²) in [4.78, 5) is 28.4. The number of hydrogen-bond acceptors (Lipinski definition) is 5.